The Labute approximate surface area is 170 Å². The van der Waals surface area contributed by atoms with Crippen LogP contribution in [-0.4, -0.2) is 28.5 Å². The maximum Gasteiger partial charge on any atom is 0.306 e. The number of rotatable bonds is 6. The van der Waals surface area contributed by atoms with Crippen LogP contribution in [0.15, 0.2) is 60.8 Å². The Kier molecular flexibility index (Phi) is 5.65. The number of fused-ring (bicyclic) bond motifs is 1. The molecule has 1 aromatic heterocycles. The average Bonchev–Trinajstić information content (AvgIpc) is 3.18. The molecule has 0 aliphatic heterocycles. The Morgan fingerprint density at radius 2 is 1.76 bits per heavy atom. The van der Waals surface area contributed by atoms with E-state index in [0.717, 1.165) is 34.9 Å². The van der Waals surface area contributed by atoms with Gasteiger partial charge in [0, 0.05) is 35.5 Å². The zero-order chi connectivity index (χ0) is 20.2. The summed E-state index contributed by atoms with van der Waals surface area (Å²) in [6.45, 7) is 0.485. The van der Waals surface area contributed by atoms with Crippen LogP contribution in [0.3, 0.4) is 0 Å². The van der Waals surface area contributed by atoms with Crippen LogP contribution in [0.5, 0.6) is 0 Å². The lowest BCUT2D eigenvalue weighted by Gasteiger charge is -2.26. The number of carboxylic acid groups (broad SMARTS) is 1. The predicted molar refractivity (Wildman–Crippen MR) is 113 cm³/mol. The second-order valence-corrected chi connectivity index (χ2v) is 7.90. The third-order valence-corrected chi connectivity index (χ3v) is 6.07. The standard InChI is InChI=1S/C24H26N2O3/c27-23(17-9-6-10-18(13-17)24(28)29)26-14-20(16-7-2-1-3-8-16)21-15-25-22-12-5-4-11-19(21)22/h1-5,7-8,11-12,15,17-18,20,25H,6,9-10,13-14H2,(H,26,27)(H,28,29). The molecule has 1 aliphatic rings. The number of carboxylic acids is 1. The van der Waals surface area contributed by atoms with Gasteiger partial charge in [-0.2, -0.15) is 0 Å². The Bertz CT molecular complexity index is 996. The lowest BCUT2D eigenvalue weighted by Crippen LogP contribution is -2.37. The van der Waals surface area contributed by atoms with Crippen LogP contribution in [0, 0.1) is 11.8 Å². The van der Waals surface area contributed by atoms with Crippen molar-refractivity contribution < 1.29 is 14.7 Å². The number of carbonyl (C=O) groups excluding carboxylic acids is 1. The molecule has 1 saturated carbocycles. The van der Waals surface area contributed by atoms with Gasteiger partial charge in [0.2, 0.25) is 5.91 Å². The van der Waals surface area contributed by atoms with Crippen molar-refractivity contribution in [2.24, 2.45) is 11.8 Å². The molecule has 1 heterocycles. The summed E-state index contributed by atoms with van der Waals surface area (Å²) in [5.41, 5.74) is 3.37. The number of carbonyl (C=O) groups is 2. The minimum Gasteiger partial charge on any atom is -0.481 e. The van der Waals surface area contributed by atoms with Crippen molar-refractivity contribution in [1.29, 1.82) is 0 Å². The van der Waals surface area contributed by atoms with Crippen molar-refractivity contribution in [2.75, 3.05) is 6.54 Å². The summed E-state index contributed by atoms with van der Waals surface area (Å²) in [4.78, 5) is 27.5. The maximum atomic E-state index is 12.8. The Hall–Kier alpha value is -3.08. The third kappa shape index (κ3) is 4.19. The molecule has 3 unspecified atom stereocenters. The van der Waals surface area contributed by atoms with Gasteiger partial charge in [0.1, 0.15) is 0 Å². The maximum absolute atomic E-state index is 12.8. The van der Waals surface area contributed by atoms with Gasteiger partial charge in [0.25, 0.3) is 0 Å². The Morgan fingerprint density at radius 3 is 2.55 bits per heavy atom. The Balaban J connectivity index is 1.54. The minimum atomic E-state index is -0.788. The van der Waals surface area contributed by atoms with Crippen LogP contribution in [0.1, 0.15) is 42.7 Å². The van der Waals surface area contributed by atoms with E-state index in [2.05, 4.69) is 28.5 Å². The van der Waals surface area contributed by atoms with Gasteiger partial charge in [-0.15, -0.1) is 0 Å². The van der Waals surface area contributed by atoms with E-state index in [1.807, 2.05) is 42.6 Å². The highest BCUT2D eigenvalue weighted by Crippen LogP contribution is 2.32. The van der Waals surface area contributed by atoms with Crippen molar-refractivity contribution in [3.05, 3.63) is 71.9 Å². The highest BCUT2D eigenvalue weighted by molar-refractivity contribution is 5.84. The van der Waals surface area contributed by atoms with Crippen molar-refractivity contribution in [3.63, 3.8) is 0 Å². The second-order valence-electron chi connectivity index (χ2n) is 7.90. The summed E-state index contributed by atoms with van der Waals surface area (Å²) in [6, 6.07) is 18.3. The summed E-state index contributed by atoms with van der Waals surface area (Å²) in [7, 11) is 0. The molecule has 0 bridgehead atoms. The fraction of sp³-hybridized carbons (Fsp3) is 0.333. The van der Waals surface area contributed by atoms with E-state index >= 15 is 0 Å². The number of hydrogen-bond acceptors (Lipinski definition) is 2. The first-order chi connectivity index (χ1) is 14.1. The molecule has 1 amide bonds. The molecule has 5 nitrogen and oxygen atoms in total. The first kappa shape index (κ1) is 19.2. The van der Waals surface area contributed by atoms with E-state index in [-0.39, 0.29) is 17.7 Å². The topological polar surface area (TPSA) is 82.2 Å². The van der Waals surface area contributed by atoms with Crippen LogP contribution in [0.2, 0.25) is 0 Å². The monoisotopic (exact) mass is 390 g/mol. The van der Waals surface area contributed by atoms with Gasteiger partial charge in [-0.1, -0.05) is 55.0 Å². The molecule has 3 N–H and O–H groups in total. The normalized spacial score (nSPS) is 20.3. The first-order valence-corrected chi connectivity index (χ1v) is 10.2. The molecule has 1 aliphatic carbocycles. The number of aromatic amines is 1. The third-order valence-electron chi connectivity index (χ3n) is 6.07. The summed E-state index contributed by atoms with van der Waals surface area (Å²) in [6.07, 6.45) is 4.68. The molecular formula is C24H26N2O3. The summed E-state index contributed by atoms with van der Waals surface area (Å²) in [5.74, 6) is -1.42. The predicted octanol–water partition coefficient (Wildman–Crippen LogP) is 4.31. The molecule has 1 fully saturated rings. The average molecular weight is 390 g/mol. The van der Waals surface area contributed by atoms with Crippen molar-refractivity contribution >= 4 is 22.8 Å². The molecule has 150 valence electrons. The van der Waals surface area contributed by atoms with Crippen molar-refractivity contribution in [1.82, 2.24) is 10.3 Å². The van der Waals surface area contributed by atoms with Gasteiger partial charge >= 0.3 is 5.97 Å². The number of aliphatic carboxylic acids is 1. The molecule has 29 heavy (non-hydrogen) atoms. The fourth-order valence-electron chi connectivity index (χ4n) is 4.47. The van der Waals surface area contributed by atoms with Crippen molar-refractivity contribution in [3.8, 4) is 0 Å². The van der Waals surface area contributed by atoms with E-state index < -0.39 is 11.9 Å². The van der Waals surface area contributed by atoms with Crippen LogP contribution in [0.4, 0.5) is 0 Å². The Morgan fingerprint density at radius 1 is 1.03 bits per heavy atom. The van der Waals surface area contributed by atoms with Gasteiger partial charge in [0.05, 0.1) is 5.92 Å². The molecule has 3 aromatic rings. The van der Waals surface area contributed by atoms with E-state index in [1.54, 1.807) is 0 Å². The number of hydrogen-bond donors (Lipinski definition) is 3. The van der Waals surface area contributed by atoms with Gasteiger partial charge in [-0.25, -0.2) is 0 Å². The second kappa shape index (κ2) is 8.52. The van der Waals surface area contributed by atoms with Crippen LogP contribution >= 0.6 is 0 Å². The lowest BCUT2D eigenvalue weighted by atomic mass is 9.81. The number of para-hydroxylation sites is 1. The molecule has 2 aromatic carbocycles. The lowest BCUT2D eigenvalue weighted by molar-refractivity contribution is -0.144. The number of aromatic nitrogens is 1. The van der Waals surface area contributed by atoms with Gasteiger partial charge < -0.3 is 15.4 Å². The van der Waals surface area contributed by atoms with Crippen molar-refractivity contribution in [2.45, 2.75) is 31.6 Å². The largest absolute Gasteiger partial charge is 0.481 e. The quantitative estimate of drug-likeness (QED) is 0.587. The van der Waals surface area contributed by atoms with Crippen LogP contribution in [-0.2, 0) is 9.59 Å². The van der Waals surface area contributed by atoms with Crippen LogP contribution in [0.25, 0.3) is 10.9 Å². The fourth-order valence-corrected chi connectivity index (χ4v) is 4.47. The van der Waals surface area contributed by atoms with E-state index in [4.69, 9.17) is 0 Å². The van der Waals surface area contributed by atoms with E-state index in [9.17, 15) is 14.7 Å². The zero-order valence-electron chi connectivity index (χ0n) is 16.3. The summed E-state index contributed by atoms with van der Waals surface area (Å²) < 4.78 is 0. The minimum absolute atomic E-state index is 0.0233. The molecule has 4 rings (SSSR count). The number of benzene rings is 2. The number of nitrogens with one attached hydrogen (secondary N) is 2. The molecule has 0 spiro atoms. The highest BCUT2D eigenvalue weighted by Gasteiger charge is 2.31. The SMILES string of the molecule is O=C(O)C1CCCC(C(=O)NCC(c2ccccc2)c2c[nH]c3ccccc23)C1. The molecule has 0 radical (unpaired) electrons. The molecule has 3 atom stereocenters. The smallest absolute Gasteiger partial charge is 0.306 e. The molecule has 0 saturated heterocycles. The van der Waals surface area contributed by atoms with Crippen LogP contribution < -0.4 is 5.32 Å². The first-order valence-electron chi connectivity index (χ1n) is 10.2. The highest BCUT2D eigenvalue weighted by atomic mass is 16.4. The summed E-state index contributed by atoms with van der Waals surface area (Å²) >= 11 is 0. The number of amides is 1. The van der Waals surface area contributed by atoms with Gasteiger partial charge in [0.15, 0.2) is 0 Å². The van der Waals surface area contributed by atoms with Gasteiger partial charge in [-0.05, 0) is 36.5 Å². The number of H-pyrrole nitrogens is 1. The van der Waals surface area contributed by atoms with E-state index in [1.165, 1.54) is 0 Å². The zero-order valence-corrected chi connectivity index (χ0v) is 16.3. The van der Waals surface area contributed by atoms with E-state index in [0.29, 0.717) is 19.4 Å². The van der Waals surface area contributed by atoms with Gasteiger partial charge in [-0.3, -0.25) is 9.59 Å². The molecular weight excluding hydrogens is 364 g/mol. The molecule has 5 heteroatoms. The summed E-state index contributed by atoms with van der Waals surface area (Å²) in [5, 5.41) is 13.6.